The van der Waals surface area contributed by atoms with Crippen molar-refractivity contribution in [3.05, 3.63) is 46.9 Å². The van der Waals surface area contributed by atoms with Crippen molar-refractivity contribution < 1.29 is 27.5 Å². The summed E-state index contributed by atoms with van der Waals surface area (Å²) in [5, 5.41) is 0. The number of ether oxygens (including phenoxy) is 1. The summed E-state index contributed by atoms with van der Waals surface area (Å²) >= 11 is 0. The van der Waals surface area contributed by atoms with Crippen LogP contribution in [-0.4, -0.2) is 37.4 Å². The molecular weight excluding hydrogens is 287 g/mol. The fourth-order valence-electron chi connectivity index (χ4n) is 1.51. The van der Waals surface area contributed by atoms with Gasteiger partial charge in [-0.05, 0) is 19.1 Å². The summed E-state index contributed by atoms with van der Waals surface area (Å²) in [5.41, 5.74) is -0.889. The third kappa shape index (κ3) is 4.08. The van der Waals surface area contributed by atoms with E-state index in [-0.39, 0.29) is 6.61 Å². The number of halogens is 3. The zero-order chi connectivity index (χ0) is 16.2. The van der Waals surface area contributed by atoms with E-state index in [2.05, 4.69) is 0 Å². The number of hydrogen-bond donors (Lipinski definition) is 0. The van der Waals surface area contributed by atoms with Gasteiger partial charge in [0.05, 0.1) is 6.61 Å². The number of carbonyl (C=O) groups is 2. The lowest BCUT2D eigenvalue weighted by Gasteiger charge is -2.11. The second-order valence-electron chi connectivity index (χ2n) is 4.31. The lowest BCUT2D eigenvalue weighted by atomic mass is 10.0. The highest BCUT2D eigenvalue weighted by Gasteiger charge is 2.24. The van der Waals surface area contributed by atoms with Crippen LogP contribution in [0.4, 0.5) is 13.2 Å². The monoisotopic (exact) mass is 301 g/mol. The van der Waals surface area contributed by atoms with Crippen LogP contribution in [0.2, 0.25) is 0 Å². The van der Waals surface area contributed by atoms with Crippen molar-refractivity contribution in [3.63, 3.8) is 0 Å². The molecule has 1 aromatic rings. The largest absolute Gasteiger partial charge is 0.462 e. The molecule has 0 amide bonds. The first-order chi connectivity index (χ1) is 9.77. The van der Waals surface area contributed by atoms with Crippen LogP contribution in [0.1, 0.15) is 17.3 Å². The van der Waals surface area contributed by atoms with Gasteiger partial charge in [0.25, 0.3) is 0 Å². The third-order valence-corrected chi connectivity index (χ3v) is 2.37. The Morgan fingerprint density at radius 2 is 1.71 bits per heavy atom. The molecule has 0 radical (unpaired) electrons. The van der Waals surface area contributed by atoms with Crippen molar-refractivity contribution >= 4 is 11.8 Å². The number of rotatable bonds is 5. The van der Waals surface area contributed by atoms with E-state index in [9.17, 15) is 22.8 Å². The Kier molecular flexibility index (Phi) is 5.52. The predicted molar refractivity (Wildman–Crippen MR) is 69.0 cm³/mol. The topological polar surface area (TPSA) is 46.6 Å². The molecule has 1 rings (SSSR count). The van der Waals surface area contributed by atoms with Crippen molar-refractivity contribution in [1.82, 2.24) is 4.90 Å². The minimum atomic E-state index is -1.68. The molecule has 0 bridgehead atoms. The quantitative estimate of drug-likeness (QED) is 0.209. The SMILES string of the molecule is CCOC(=O)C(=CN(C)C)C(=O)c1cc(F)c(F)c(F)c1. The highest BCUT2D eigenvalue weighted by Crippen LogP contribution is 2.17. The van der Waals surface area contributed by atoms with Crippen LogP contribution in [0, 0.1) is 17.5 Å². The summed E-state index contributed by atoms with van der Waals surface area (Å²) in [6.45, 7) is 1.58. The Bertz CT molecular complexity index is 574. The molecule has 0 atom stereocenters. The Labute approximate surface area is 119 Å². The molecule has 0 aromatic heterocycles. The molecule has 0 spiro atoms. The molecule has 0 heterocycles. The van der Waals surface area contributed by atoms with Crippen LogP contribution < -0.4 is 0 Å². The van der Waals surface area contributed by atoms with Crippen molar-refractivity contribution in [2.75, 3.05) is 20.7 Å². The molecule has 0 saturated carbocycles. The summed E-state index contributed by atoms with van der Waals surface area (Å²) in [6.07, 6.45) is 1.17. The van der Waals surface area contributed by atoms with Gasteiger partial charge in [0, 0.05) is 25.9 Å². The second-order valence-corrected chi connectivity index (χ2v) is 4.31. The first kappa shape index (κ1) is 16.7. The summed E-state index contributed by atoms with van der Waals surface area (Å²) < 4.78 is 43.9. The van der Waals surface area contributed by atoms with E-state index < -0.39 is 40.3 Å². The molecule has 0 fully saturated rings. The summed E-state index contributed by atoms with van der Waals surface area (Å²) in [6, 6.07) is 1.06. The van der Waals surface area contributed by atoms with Gasteiger partial charge in [0.2, 0.25) is 5.78 Å². The molecule has 0 unspecified atom stereocenters. The van der Waals surface area contributed by atoms with Crippen LogP contribution in [0.25, 0.3) is 0 Å². The van der Waals surface area contributed by atoms with Crippen LogP contribution in [0.5, 0.6) is 0 Å². The van der Waals surface area contributed by atoms with E-state index in [0.717, 1.165) is 0 Å². The van der Waals surface area contributed by atoms with E-state index in [1.165, 1.54) is 11.1 Å². The van der Waals surface area contributed by atoms with Gasteiger partial charge in [0.1, 0.15) is 5.57 Å². The summed E-state index contributed by atoms with van der Waals surface area (Å²) in [4.78, 5) is 25.3. The summed E-state index contributed by atoms with van der Waals surface area (Å²) in [5.74, 6) is -6.58. The van der Waals surface area contributed by atoms with E-state index >= 15 is 0 Å². The van der Waals surface area contributed by atoms with E-state index in [1.54, 1.807) is 21.0 Å². The fraction of sp³-hybridized carbons (Fsp3) is 0.286. The van der Waals surface area contributed by atoms with Gasteiger partial charge in [-0.3, -0.25) is 4.79 Å². The molecule has 0 aliphatic carbocycles. The van der Waals surface area contributed by atoms with Crippen molar-refractivity contribution in [1.29, 1.82) is 0 Å². The fourth-order valence-corrected chi connectivity index (χ4v) is 1.51. The minimum Gasteiger partial charge on any atom is -0.462 e. The normalized spacial score (nSPS) is 11.2. The lowest BCUT2D eigenvalue weighted by Crippen LogP contribution is -2.20. The Balaban J connectivity index is 3.26. The van der Waals surface area contributed by atoms with Crippen LogP contribution in [0.15, 0.2) is 23.9 Å². The second kappa shape index (κ2) is 6.92. The van der Waals surface area contributed by atoms with Gasteiger partial charge in [0.15, 0.2) is 17.5 Å². The number of esters is 1. The average molecular weight is 301 g/mol. The molecule has 21 heavy (non-hydrogen) atoms. The molecule has 0 N–H and O–H groups in total. The van der Waals surface area contributed by atoms with Crippen molar-refractivity contribution in [2.24, 2.45) is 0 Å². The standard InChI is InChI=1S/C14H14F3NO3/c1-4-21-14(20)9(7-18(2)3)13(19)8-5-10(15)12(17)11(16)6-8/h5-7H,4H2,1-3H3. The number of Topliss-reactive ketones (excluding diaryl/α,β-unsaturated/α-hetero) is 1. The van der Waals surface area contributed by atoms with Gasteiger partial charge < -0.3 is 9.64 Å². The van der Waals surface area contributed by atoms with Crippen molar-refractivity contribution in [3.8, 4) is 0 Å². The molecule has 0 saturated heterocycles. The Hall–Kier alpha value is -2.31. The maximum absolute atomic E-state index is 13.2. The first-order valence-corrected chi connectivity index (χ1v) is 6.02. The number of carbonyl (C=O) groups excluding carboxylic acids is 2. The molecule has 1 aromatic carbocycles. The Morgan fingerprint density at radius 1 is 1.19 bits per heavy atom. The highest BCUT2D eigenvalue weighted by atomic mass is 19.2. The van der Waals surface area contributed by atoms with Gasteiger partial charge in [-0.15, -0.1) is 0 Å². The lowest BCUT2D eigenvalue weighted by molar-refractivity contribution is -0.138. The maximum atomic E-state index is 13.2. The van der Waals surface area contributed by atoms with Gasteiger partial charge in [-0.1, -0.05) is 0 Å². The highest BCUT2D eigenvalue weighted by molar-refractivity contribution is 6.24. The molecule has 7 heteroatoms. The van der Waals surface area contributed by atoms with Gasteiger partial charge in [-0.25, -0.2) is 18.0 Å². The Morgan fingerprint density at radius 3 is 2.14 bits per heavy atom. The van der Waals surface area contributed by atoms with E-state index in [0.29, 0.717) is 12.1 Å². The van der Waals surface area contributed by atoms with Crippen LogP contribution in [-0.2, 0) is 9.53 Å². The minimum absolute atomic E-state index is 0.0308. The third-order valence-electron chi connectivity index (χ3n) is 2.37. The zero-order valence-electron chi connectivity index (χ0n) is 11.7. The number of benzene rings is 1. The molecule has 4 nitrogen and oxygen atoms in total. The van der Waals surface area contributed by atoms with E-state index in [4.69, 9.17) is 4.74 Å². The zero-order valence-corrected chi connectivity index (χ0v) is 11.7. The summed E-state index contributed by atoms with van der Waals surface area (Å²) in [7, 11) is 3.11. The predicted octanol–water partition coefficient (Wildman–Crippen LogP) is 2.30. The number of hydrogen-bond acceptors (Lipinski definition) is 4. The average Bonchev–Trinajstić information content (AvgIpc) is 2.40. The maximum Gasteiger partial charge on any atom is 0.343 e. The first-order valence-electron chi connectivity index (χ1n) is 6.02. The number of nitrogens with zero attached hydrogens (tertiary/aromatic N) is 1. The smallest absolute Gasteiger partial charge is 0.343 e. The van der Waals surface area contributed by atoms with Crippen LogP contribution in [0.3, 0.4) is 0 Å². The van der Waals surface area contributed by atoms with E-state index in [1.807, 2.05) is 0 Å². The van der Waals surface area contributed by atoms with Crippen molar-refractivity contribution in [2.45, 2.75) is 6.92 Å². The molecule has 0 aliphatic rings. The van der Waals surface area contributed by atoms with Gasteiger partial charge >= 0.3 is 5.97 Å². The number of ketones is 1. The van der Waals surface area contributed by atoms with Crippen LogP contribution >= 0.6 is 0 Å². The molecule has 0 aliphatic heterocycles. The molecule has 114 valence electrons. The molecular formula is C14H14F3NO3. The van der Waals surface area contributed by atoms with Gasteiger partial charge in [-0.2, -0.15) is 0 Å².